The molecule has 1 fully saturated rings. The second-order valence-corrected chi connectivity index (χ2v) is 4.75. The van der Waals surface area contributed by atoms with Gasteiger partial charge in [0.1, 0.15) is 16.8 Å². The average molecular weight is 265 g/mol. The lowest BCUT2D eigenvalue weighted by Gasteiger charge is -2.14. The summed E-state index contributed by atoms with van der Waals surface area (Å²) in [6.07, 6.45) is -0.556. The molecule has 1 aliphatic rings. The number of aliphatic hydroxyl groups excluding tert-OH is 1. The second-order valence-electron chi connectivity index (χ2n) is 3.17. The lowest BCUT2D eigenvalue weighted by molar-refractivity contribution is -0.00623. The third kappa shape index (κ3) is 2.17. The molecule has 2 N–H and O–H groups in total. The van der Waals surface area contributed by atoms with Crippen molar-refractivity contribution in [1.82, 2.24) is 9.55 Å². The Morgan fingerprint density at radius 3 is 3.00 bits per heavy atom. The molecule has 16 heavy (non-hydrogen) atoms. The van der Waals surface area contributed by atoms with Gasteiger partial charge in [0, 0.05) is 11.8 Å². The van der Waals surface area contributed by atoms with Gasteiger partial charge in [-0.25, -0.2) is 4.79 Å². The third-order valence-corrected chi connectivity index (χ3v) is 3.50. The summed E-state index contributed by atoms with van der Waals surface area (Å²) in [4.78, 5) is 24.6. The Morgan fingerprint density at radius 2 is 2.44 bits per heavy atom. The van der Waals surface area contributed by atoms with Gasteiger partial charge in [-0.1, -0.05) is 11.6 Å². The molecule has 0 aromatic carbocycles. The van der Waals surface area contributed by atoms with Crippen LogP contribution in [0.15, 0.2) is 15.7 Å². The van der Waals surface area contributed by atoms with Gasteiger partial charge >= 0.3 is 5.69 Å². The summed E-state index contributed by atoms with van der Waals surface area (Å²) < 4.78 is 6.53. The molecule has 2 heterocycles. The summed E-state index contributed by atoms with van der Waals surface area (Å²) in [7, 11) is 0. The highest BCUT2D eigenvalue weighted by Crippen LogP contribution is 2.31. The number of thioether (sulfide) groups is 1. The highest BCUT2D eigenvalue weighted by atomic mass is 35.5. The van der Waals surface area contributed by atoms with Gasteiger partial charge in [0.25, 0.3) is 5.56 Å². The van der Waals surface area contributed by atoms with Crippen molar-refractivity contribution in [2.24, 2.45) is 0 Å². The first-order valence-electron chi connectivity index (χ1n) is 4.51. The van der Waals surface area contributed by atoms with Crippen LogP contribution in [0.1, 0.15) is 6.23 Å². The van der Waals surface area contributed by atoms with Gasteiger partial charge in [0.05, 0.1) is 6.61 Å². The van der Waals surface area contributed by atoms with E-state index >= 15 is 0 Å². The van der Waals surface area contributed by atoms with Crippen LogP contribution >= 0.6 is 23.4 Å². The summed E-state index contributed by atoms with van der Waals surface area (Å²) in [5.41, 5.74) is -1.52. The number of halogens is 1. The molecule has 2 atom stereocenters. The summed E-state index contributed by atoms with van der Waals surface area (Å²) in [6.45, 7) is -0.128. The highest BCUT2D eigenvalue weighted by Gasteiger charge is 2.28. The number of hydrogen-bond donors (Lipinski definition) is 2. The molecule has 0 spiro atoms. The molecule has 6 nitrogen and oxygen atoms in total. The molecular weight excluding hydrogens is 256 g/mol. The van der Waals surface area contributed by atoms with Crippen LogP contribution in [0.5, 0.6) is 0 Å². The van der Waals surface area contributed by atoms with Gasteiger partial charge in [0.15, 0.2) is 0 Å². The van der Waals surface area contributed by atoms with E-state index in [2.05, 4.69) is 4.98 Å². The van der Waals surface area contributed by atoms with Crippen LogP contribution in [0.4, 0.5) is 0 Å². The third-order valence-electron chi connectivity index (χ3n) is 2.10. The zero-order valence-electron chi connectivity index (χ0n) is 8.05. The van der Waals surface area contributed by atoms with Gasteiger partial charge in [0.2, 0.25) is 0 Å². The lowest BCUT2D eigenvalue weighted by atomic mass is 10.5. The van der Waals surface area contributed by atoms with Crippen LogP contribution in [0.2, 0.25) is 5.15 Å². The molecule has 8 heteroatoms. The van der Waals surface area contributed by atoms with E-state index in [9.17, 15) is 9.59 Å². The van der Waals surface area contributed by atoms with Crippen molar-refractivity contribution in [2.45, 2.75) is 11.7 Å². The number of H-pyrrole nitrogens is 1. The van der Waals surface area contributed by atoms with Crippen molar-refractivity contribution < 1.29 is 9.84 Å². The molecule has 88 valence electrons. The van der Waals surface area contributed by atoms with Gasteiger partial charge < -0.3 is 9.84 Å². The van der Waals surface area contributed by atoms with Crippen molar-refractivity contribution >= 4 is 23.4 Å². The monoisotopic (exact) mass is 264 g/mol. The molecule has 0 aliphatic carbocycles. The zero-order valence-corrected chi connectivity index (χ0v) is 9.62. The van der Waals surface area contributed by atoms with Crippen molar-refractivity contribution in [3.8, 4) is 0 Å². The Hall–Kier alpha value is -0.760. The number of nitrogens with zero attached hydrogens (tertiary/aromatic N) is 1. The predicted molar refractivity (Wildman–Crippen MR) is 59.8 cm³/mol. The number of nitrogens with one attached hydrogen (secondary N) is 1. The normalized spacial score (nSPS) is 24.9. The first-order chi connectivity index (χ1) is 7.61. The number of hydrogen-bond acceptors (Lipinski definition) is 5. The Kier molecular flexibility index (Phi) is 3.38. The molecule has 1 aromatic heterocycles. The fourth-order valence-corrected chi connectivity index (χ4v) is 2.62. The molecule has 0 bridgehead atoms. The standard InChI is InChI=1S/C8H9ClN2O4S/c9-4-1-5(13)10-8(14)11(4)6-3-16-7(2-12)15-6/h1,6-7,12H,2-3H2,(H,10,13,14). The molecule has 1 aliphatic heterocycles. The fraction of sp³-hybridized carbons (Fsp3) is 0.500. The first kappa shape index (κ1) is 11.7. The largest absolute Gasteiger partial charge is 0.393 e. The lowest BCUT2D eigenvalue weighted by Crippen LogP contribution is -2.33. The summed E-state index contributed by atoms with van der Waals surface area (Å²) in [5, 5.41) is 8.92. The van der Waals surface area contributed by atoms with E-state index in [1.54, 1.807) is 0 Å². The van der Waals surface area contributed by atoms with Gasteiger partial charge in [-0.3, -0.25) is 14.3 Å². The Labute approximate surface area is 99.2 Å². The number of rotatable bonds is 2. The first-order valence-corrected chi connectivity index (χ1v) is 5.94. The van der Waals surface area contributed by atoms with Crippen molar-refractivity contribution in [3.63, 3.8) is 0 Å². The zero-order chi connectivity index (χ0) is 11.7. The summed E-state index contributed by atoms with van der Waals surface area (Å²) in [5.74, 6) is 0.497. The van der Waals surface area contributed by atoms with Crippen LogP contribution in [-0.4, -0.2) is 32.5 Å². The fourth-order valence-electron chi connectivity index (χ4n) is 1.42. The van der Waals surface area contributed by atoms with Crippen LogP contribution in [-0.2, 0) is 4.74 Å². The number of aliphatic hydroxyl groups is 1. The topological polar surface area (TPSA) is 84.3 Å². The predicted octanol–water partition coefficient (Wildman–Crippen LogP) is -0.230. The van der Waals surface area contributed by atoms with Crippen molar-refractivity contribution in [2.75, 3.05) is 12.4 Å². The van der Waals surface area contributed by atoms with Crippen LogP contribution in [0.3, 0.4) is 0 Å². The molecule has 2 rings (SSSR count). The maximum absolute atomic E-state index is 11.5. The minimum absolute atomic E-state index is 0.0259. The van der Waals surface area contributed by atoms with Gasteiger partial charge in [-0.2, -0.15) is 0 Å². The average Bonchev–Trinajstić information content (AvgIpc) is 2.64. The molecule has 1 aromatic rings. The molecular formula is C8H9ClN2O4S. The quantitative estimate of drug-likeness (QED) is 0.721. The molecule has 2 unspecified atom stereocenters. The van der Waals surface area contributed by atoms with Crippen molar-refractivity contribution in [3.05, 3.63) is 32.1 Å². The molecule has 0 amide bonds. The number of ether oxygens (including phenoxy) is 1. The smallest absolute Gasteiger partial charge is 0.331 e. The van der Waals surface area contributed by atoms with E-state index < -0.39 is 17.5 Å². The maximum Gasteiger partial charge on any atom is 0.331 e. The summed E-state index contributed by atoms with van der Waals surface area (Å²) in [6, 6.07) is 1.11. The van der Waals surface area contributed by atoms with E-state index in [1.807, 2.05) is 0 Å². The van der Waals surface area contributed by atoms with E-state index in [0.717, 1.165) is 10.6 Å². The minimum atomic E-state index is -0.610. The van der Waals surface area contributed by atoms with Crippen LogP contribution in [0, 0.1) is 0 Å². The SMILES string of the molecule is O=c1cc(Cl)n(C2CSC(CO)O2)c(=O)[nH]1. The van der Waals surface area contributed by atoms with E-state index in [4.69, 9.17) is 21.4 Å². The second kappa shape index (κ2) is 4.62. The van der Waals surface area contributed by atoms with Gasteiger partial charge in [-0.15, -0.1) is 11.8 Å². The number of aromatic amines is 1. The molecule has 1 saturated heterocycles. The Balaban J connectivity index is 2.35. The number of aromatic nitrogens is 2. The Bertz CT molecular complexity index is 500. The van der Waals surface area contributed by atoms with Crippen LogP contribution in [0.25, 0.3) is 0 Å². The Morgan fingerprint density at radius 1 is 1.69 bits per heavy atom. The highest BCUT2D eigenvalue weighted by molar-refractivity contribution is 8.00. The molecule has 0 saturated carbocycles. The minimum Gasteiger partial charge on any atom is -0.393 e. The van der Waals surface area contributed by atoms with E-state index in [-0.39, 0.29) is 17.2 Å². The van der Waals surface area contributed by atoms with E-state index in [0.29, 0.717) is 5.75 Å². The summed E-state index contributed by atoms with van der Waals surface area (Å²) >= 11 is 7.18. The molecule has 0 radical (unpaired) electrons. The van der Waals surface area contributed by atoms with Crippen molar-refractivity contribution in [1.29, 1.82) is 0 Å². The van der Waals surface area contributed by atoms with Gasteiger partial charge in [-0.05, 0) is 0 Å². The van der Waals surface area contributed by atoms with Crippen LogP contribution < -0.4 is 11.2 Å². The van der Waals surface area contributed by atoms with E-state index in [1.165, 1.54) is 11.8 Å². The maximum atomic E-state index is 11.5.